The Bertz CT molecular complexity index is 390. The van der Waals surface area contributed by atoms with Crippen LogP contribution in [0.3, 0.4) is 0 Å². The van der Waals surface area contributed by atoms with E-state index in [-0.39, 0.29) is 5.60 Å². The van der Waals surface area contributed by atoms with Crippen LogP contribution in [0.4, 0.5) is 0 Å². The summed E-state index contributed by atoms with van der Waals surface area (Å²) in [7, 11) is 3.75. The van der Waals surface area contributed by atoms with Gasteiger partial charge in [0.2, 0.25) is 0 Å². The predicted octanol–water partition coefficient (Wildman–Crippen LogP) is 4.11. The molecule has 0 bridgehead atoms. The molecule has 0 saturated heterocycles. The van der Waals surface area contributed by atoms with Gasteiger partial charge in [-0.05, 0) is 57.9 Å². The summed E-state index contributed by atoms with van der Waals surface area (Å²) in [6, 6.07) is 6.58. The largest absolute Gasteiger partial charge is 0.379 e. The third kappa shape index (κ3) is 4.27. The molecule has 0 aliphatic carbocycles. The van der Waals surface area contributed by atoms with Crippen LogP contribution < -0.4 is 5.32 Å². The first-order chi connectivity index (χ1) is 8.39. The summed E-state index contributed by atoms with van der Waals surface area (Å²) in [5.41, 5.74) is 2.27. The molecule has 102 valence electrons. The van der Waals surface area contributed by atoms with E-state index in [0.717, 1.165) is 23.4 Å². The standard InChI is InChI=1S/C15H24ClNO/c1-11-6-7-12(10-13(11)16)14(17-4)8-9-15(2,3)18-5/h6-7,10,14,17H,8-9H2,1-5H3. The second kappa shape index (κ2) is 6.55. The molecule has 0 aliphatic rings. The van der Waals surface area contributed by atoms with Crippen molar-refractivity contribution in [1.82, 2.24) is 5.32 Å². The molecule has 1 unspecified atom stereocenters. The van der Waals surface area contributed by atoms with Gasteiger partial charge in [-0.1, -0.05) is 23.7 Å². The van der Waals surface area contributed by atoms with Gasteiger partial charge in [0.05, 0.1) is 5.60 Å². The molecule has 0 aliphatic heterocycles. The Morgan fingerprint density at radius 1 is 1.39 bits per heavy atom. The minimum Gasteiger partial charge on any atom is -0.379 e. The summed E-state index contributed by atoms with van der Waals surface area (Å²) in [5.74, 6) is 0. The van der Waals surface area contributed by atoms with E-state index in [1.807, 2.05) is 14.0 Å². The fourth-order valence-corrected chi connectivity index (χ4v) is 2.09. The van der Waals surface area contributed by atoms with Crippen LogP contribution in [0.1, 0.15) is 43.9 Å². The quantitative estimate of drug-likeness (QED) is 0.839. The molecule has 0 saturated carbocycles. The molecule has 0 heterocycles. The maximum absolute atomic E-state index is 6.18. The molecule has 18 heavy (non-hydrogen) atoms. The SMILES string of the molecule is CNC(CCC(C)(C)OC)c1ccc(C)c(Cl)c1. The zero-order valence-electron chi connectivity index (χ0n) is 12.0. The summed E-state index contributed by atoms with van der Waals surface area (Å²) in [4.78, 5) is 0. The molecule has 0 aromatic heterocycles. The van der Waals surface area contributed by atoms with Gasteiger partial charge in [0.15, 0.2) is 0 Å². The van der Waals surface area contributed by atoms with E-state index in [1.165, 1.54) is 5.56 Å². The third-order valence-electron chi connectivity index (χ3n) is 3.53. The van der Waals surface area contributed by atoms with Crippen LogP contribution in [0.5, 0.6) is 0 Å². The monoisotopic (exact) mass is 269 g/mol. The average Bonchev–Trinajstić information content (AvgIpc) is 2.34. The summed E-state index contributed by atoms with van der Waals surface area (Å²) in [5, 5.41) is 4.18. The van der Waals surface area contributed by atoms with Crippen LogP contribution >= 0.6 is 11.6 Å². The molecule has 0 amide bonds. The molecule has 0 radical (unpaired) electrons. The van der Waals surface area contributed by atoms with Crippen LogP contribution in [-0.2, 0) is 4.74 Å². The number of nitrogens with one attached hydrogen (secondary N) is 1. The van der Waals surface area contributed by atoms with Crippen LogP contribution in [0, 0.1) is 6.92 Å². The van der Waals surface area contributed by atoms with Crippen molar-refractivity contribution < 1.29 is 4.74 Å². The summed E-state index contributed by atoms with van der Waals surface area (Å²) < 4.78 is 5.46. The highest BCUT2D eigenvalue weighted by atomic mass is 35.5. The minimum atomic E-state index is -0.0798. The van der Waals surface area contributed by atoms with E-state index in [1.54, 1.807) is 7.11 Å². The zero-order valence-corrected chi connectivity index (χ0v) is 12.8. The molecule has 3 heteroatoms. The van der Waals surface area contributed by atoms with Crippen molar-refractivity contribution >= 4 is 11.6 Å². The van der Waals surface area contributed by atoms with Gasteiger partial charge in [-0.2, -0.15) is 0 Å². The van der Waals surface area contributed by atoms with Gasteiger partial charge in [0.25, 0.3) is 0 Å². The first-order valence-electron chi connectivity index (χ1n) is 6.38. The molecule has 2 nitrogen and oxygen atoms in total. The number of methoxy groups -OCH3 is 1. The highest BCUT2D eigenvalue weighted by Gasteiger charge is 2.19. The summed E-state index contributed by atoms with van der Waals surface area (Å²) >= 11 is 6.18. The molecule has 1 N–H and O–H groups in total. The second-order valence-corrected chi connectivity index (χ2v) is 5.76. The Hall–Kier alpha value is -0.570. The Morgan fingerprint density at radius 2 is 2.06 bits per heavy atom. The van der Waals surface area contributed by atoms with Crippen LogP contribution in [-0.4, -0.2) is 19.8 Å². The number of ether oxygens (including phenoxy) is 1. The van der Waals surface area contributed by atoms with E-state index < -0.39 is 0 Å². The molecule has 1 rings (SSSR count). The molecular formula is C15H24ClNO. The number of hydrogen-bond acceptors (Lipinski definition) is 2. The zero-order chi connectivity index (χ0) is 13.8. The molecule has 1 aromatic rings. The fourth-order valence-electron chi connectivity index (χ4n) is 1.90. The van der Waals surface area contributed by atoms with E-state index in [0.29, 0.717) is 6.04 Å². The van der Waals surface area contributed by atoms with Crippen LogP contribution in [0.2, 0.25) is 5.02 Å². The van der Waals surface area contributed by atoms with Crippen LogP contribution in [0.15, 0.2) is 18.2 Å². The maximum Gasteiger partial charge on any atom is 0.0623 e. The lowest BCUT2D eigenvalue weighted by Gasteiger charge is -2.26. The van der Waals surface area contributed by atoms with Gasteiger partial charge in [-0.3, -0.25) is 0 Å². The van der Waals surface area contributed by atoms with Crippen molar-refractivity contribution in [2.75, 3.05) is 14.2 Å². The number of aryl methyl sites for hydroxylation is 1. The Labute approximate surface area is 116 Å². The Morgan fingerprint density at radius 3 is 2.56 bits per heavy atom. The van der Waals surface area contributed by atoms with Gasteiger partial charge < -0.3 is 10.1 Å². The highest BCUT2D eigenvalue weighted by Crippen LogP contribution is 2.27. The van der Waals surface area contributed by atoms with Gasteiger partial charge in [0, 0.05) is 18.2 Å². The van der Waals surface area contributed by atoms with Gasteiger partial charge in [0.1, 0.15) is 0 Å². The average molecular weight is 270 g/mol. The highest BCUT2D eigenvalue weighted by molar-refractivity contribution is 6.31. The lowest BCUT2D eigenvalue weighted by atomic mass is 9.94. The van der Waals surface area contributed by atoms with Crippen LogP contribution in [0.25, 0.3) is 0 Å². The molecule has 0 fully saturated rings. The Balaban J connectivity index is 2.74. The lowest BCUT2D eigenvalue weighted by Crippen LogP contribution is -2.26. The van der Waals surface area contributed by atoms with Crippen molar-refractivity contribution in [3.8, 4) is 0 Å². The first-order valence-corrected chi connectivity index (χ1v) is 6.76. The smallest absolute Gasteiger partial charge is 0.0623 e. The van der Waals surface area contributed by atoms with E-state index in [4.69, 9.17) is 16.3 Å². The van der Waals surface area contributed by atoms with Crippen molar-refractivity contribution in [3.63, 3.8) is 0 Å². The lowest BCUT2D eigenvalue weighted by molar-refractivity contribution is 0.0118. The van der Waals surface area contributed by atoms with Gasteiger partial charge in [-0.25, -0.2) is 0 Å². The third-order valence-corrected chi connectivity index (χ3v) is 3.94. The molecular weight excluding hydrogens is 246 g/mol. The van der Waals surface area contributed by atoms with Crippen molar-refractivity contribution in [1.29, 1.82) is 0 Å². The molecule has 0 spiro atoms. The topological polar surface area (TPSA) is 21.3 Å². The van der Waals surface area contributed by atoms with E-state index in [2.05, 4.69) is 37.4 Å². The number of hydrogen-bond donors (Lipinski definition) is 1. The van der Waals surface area contributed by atoms with E-state index in [9.17, 15) is 0 Å². The van der Waals surface area contributed by atoms with Gasteiger partial charge >= 0.3 is 0 Å². The second-order valence-electron chi connectivity index (χ2n) is 5.35. The normalized spacial score (nSPS) is 13.7. The first kappa shape index (κ1) is 15.5. The minimum absolute atomic E-state index is 0.0798. The van der Waals surface area contributed by atoms with E-state index >= 15 is 0 Å². The summed E-state index contributed by atoms with van der Waals surface area (Å²) in [6.45, 7) is 6.25. The maximum atomic E-state index is 6.18. The summed E-state index contributed by atoms with van der Waals surface area (Å²) in [6.07, 6.45) is 2.03. The van der Waals surface area contributed by atoms with Crippen molar-refractivity contribution in [3.05, 3.63) is 34.3 Å². The predicted molar refractivity (Wildman–Crippen MR) is 78.3 cm³/mol. The fraction of sp³-hybridized carbons (Fsp3) is 0.600. The Kier molecular flexibility index (Phi) is 5.64. The molecule has 1 aromatic carbocycles. The van der Waals surface area contributed by atoms with Gasteiger partial charge in [-0.15, -0.1) is 0 Å². The number of halogens is 1. The number of benzene rings is 1. The van der Waals surface area contributed by atoms with Crippen molar-refractivity contribution in [2.45, 2.75) is 45.3 Å². The number of rotatable bonds is 6. The molecule has 1 atom stereocenters. The van der Waals surface area contributed by atoms with Crippen molar-refractivity contribution in [2.24, 2.45) is 0 Å².